The second kappa shape index (κ2) is 15.5. The number of hydrogen-bond donors (Lipinski definition) is 6. The summed E-state index contributed by atoms with van der Waals surface area (Å²) in [5.74, 6) is -1.04. The molecule has 16 heteroatoms. The highest BCUT2D eigenvalue weighted by atomic mass is 31.2. The van der Waals surface area contributed by atoms with Crippen molar-refractivity contribution >= 4 is 19.6 Å². The van der Waals surface area contributed by atoms with Crippen LogP contribution in [0.4, 0.5) is 0 Å². The van der Waals surface area contributed by atoms with Crippen LogP contribution in [0.1, 0.15) is 32.6 Å². The third kappa shape index (κ3) is 9.17. The Hall–Kier alpha value is -1.23. The van der Waals surface area contributed by atoms with E-state index in [4.69, 9.17) is 23.5 Å². The molecule has 1 saturated heterocycles. The molecule has 0 bridgehead atoms. The summed E-state index contributed by atoms with van der Waals surface area (Å²) in [6.45, 7) is 1.04. The Morgan fingerprint density at radius 2 is 1.79 bits per heavy atom. The smallest absolute Gasteiger partial charge is 0.394 e. The van der Waals surface area contributed by atoms with Gasteiger partial charge in [0, 0.05) is 47.2 Å². The molecule has 2 fully saturated rings. The normalized spacial score (nSPS) is 35.0. The van der Waals surface area contributed by atoms with E-state index in [1.54, 1.807) is 0 Å². The lowest BCUT2D eigenvalue weighted by Crippen LogP contribution is -2.64. The Kier molecular flexibility index (Phi) is 13.5. The van der Waals surface area contributed by atoms with Crippen LogP contribution in [0.2, 0.25) is 0 Å². The molecule has 2 aliphatic rings. The van der Waals surface area contributed by atoms with Gasteiger partial charge in [0.25, 0.3) is 0 Å². The lowest BCUT2D eigenvalue weighted by molar-refractivity contribution is -0.270. The predicted octanol–water partition coefficient (Wildman–Crippen LogP) is -1.58. The predicted molar refractivity (Wildman–Crippen MR) is 130 cm³/mol. The van der Waals surface area contributed by atoms with Crippen molar-refractivity contribution < 1.29 is 62.4 Å². The topological polar surface area (TPSA) is 212 Å². The molecule has 1 saturated carbocycles. The van der Waals surface area contributed by atoms with Crippen molar-refractivity contribution in [3.63, 3.8) is 0 Å². The van der Waals surface area contributed by atoms with Crippen LogP contribution in [-0.2, 0) is 42.1 Å². The largest absolute Gasteiger partial charge is 0.472 e. The molecule has 15 nitrogen and oxygen atoms in total. The molecule has 0 radical (unpaired) electrons. The highest BCUT2D eigenvalue weighted by molar-refractivity contribution is 7.47. The minimum Gasteiger partial charge on any atom is -0.394 e. The molecule has 2 unspecified atom stereocenters. The average molecular weight is 573 g/mol. The molecule has 10 atom stereocenters. The standard InChI is InChI=1S/C22H41N2O13P/c1-12(26)23-17-19(29)18(28)15(10-25)36-22(17)35-8-6-5-7-16(27)24-14-9-13(11-32-2)20(21(14)33-3)37-38(30,31)34-4/h13-15,17-22,25,28-29H,5-11H2,1-4H3,(H,23,26)(H,24,27)(H,30,31)/t13-,14-,15-,17-,18+,19-,20?,21-,22-/m1/s1. The minimum atomic E-state index is -4.30. The Labute approximate surface area is 221 Å². The lowest BCUT2D eigenvalue weighted by atomic mass is 9.97. The van der Waals surface area contributed by atoms with Gasteiger partial charge in [-0.2, -0.15) is 0 Å². The number of nitrogens with one attached hydrogen (secondary N) is 2. The number of carbonyl (C=O) groups is 2. The molecule has 0 aromatic heterocycles. The monoisotopic (exact) mass is 572 g/mol. The SMILES string of the molecule is COC[C@H]1C[C@@H](NC(=O)CCCCO[C@@H]2O[C@H](CO)[C@H](O)[C@H](O)[C@H]2NC(C)=O)[C@@H](OC)C1OP(=O)(O)OC. The van der Waals surface area contributed by atoms with Crippen molar-refractivity contribution in [2.75, 3.05) is 41.2 Å². The molecule has 0 aromatic carbocycles. The zero-order valence-corrected chi connectivity index (χ0v) is 23.0. The van der Waals surface area contributed by atoms with E-state index in [1.807, 2.05) is 0 Å². The number of hydrogen-bond acceptors (Lipinski definition) is 12. The highest BCUT2D eigenvalue weighted by Crippen LogP contribution is 2.48. The maximum absolute atomic E-state index is 12.6. The summed E-state index contributed by atoms with van der Waals surface area (Å²) < 4.78 is 43.6. The van der Waals surface area contributed by atoms with Crippen molar-refractivity contribution in [2.24, 2.45) is 5.92 Å². The number of rotatable bonds is 15. The Bertz CT molecular complexity index is 805. The van der Waals surface area contributed by atoms with E-state index >= 15 is 0 Å². The molecule has 6 N–H and O–H groups in total. The summed E-state index contributed by atoms with van der Waals surface area (Å²) in [5, 5.41) is 35.1. The van der Waals surface area contributed by atoms with Gasteiger partial charge in [0.05, 0.1) is 19.3 Å². The van der Waals surface area contributed by atoms with Crippen LogP contribution < -0.4 is 10.6 Å². The van der Waals surface area contributed by atoms with Gasteiger partial charge < -0.3 is 49.8 Å². The van der Waals surface area contributed by atoms with Crippen molar-refractivity contribution in [1.82, 2.24) is 10.6 Å². The first-order chi connectivity index (χ1) is 18.0. The number of methoxy groups -OCH3 is 2. The van der Waals surface area contributed by atoms with E-state index in [2.05, 4.69) is 15.2 Å². The molecule has 2 amide bonds. The summed E-state index contributed by atoms with van der Waals surface area (Å²) >= 11 is 0. The summed E-state index contributed by atoms with van der Waals surface area (Å²) in [6, 6.07) is -1.52. The Morgan fingerprint density at radius 1 is 1.08 bits per heavy atom. The van der Waals surface area contributed by atoms with Crippen LogP contribution in [0.15, 0.2) is 0 Å². The number of aliphatic hydroxyl groups excluding tert-OH is 3. The second-order valence-corrected chi connectivity index (χ2v) is 10.8. The van der Waals surface area contributed by atoms with E-state index in [0.29, 0.717) is 19.3 Å². The zero-order chi connectivity index (χ0) is 28.5. The molecule has 1 heterocycles. The number of phosphoric ester groups is 1. The van der Waals surface area contributed by atoms with Crippen LogP contribution in [0.3, 0.4) is 0 Å². The van der Waals surface area contributed by atoms with Crippen molar-refractivity contribution in [2.45, 2.75) is 81.5 Å². The molecule has 1 aliphatic heterocycles. The van der Waals surface area contributed by atoms with Crippen LogP contribution >= 0.6 is 7.82 Å². The van der Waals surface area contributed by atoms with Crippen molar-refractivity contribution in [3.05, 3.63) is 0 Å². The van der Waals surface area contributed by atoms with Crippen LogP contribution in [0.5, 0.6) is 0 Å². The van der Waals surface area contributed by atoms with Gasteiger partial charge in [-0.25, -0.2) is 4.57 Å². The van der Waals surface area contributed by atoms with Gasteiger partial charge in [0.15, 0.2) is 6.29 Å². The van der Waals surface area contributed by atoms with Crippen molar-refractivity contribution in [1.29, 1.82) is 0 Å². The zero-order valence-electron chi connectivity index (χ0n) is 22.1. The summed E-state index contributed by atoms with van der Waals surface area (Å²) in [5.41, 5.74) is 0. The number of amides is 2. The fourth-order valence-corrected chi connectivity index (χ4v) is 5.42. The van der Waals surface area contributed by atoms with Gasteiger partial charge in [-0.1, -0.05) is 0 Å². The van der Waals surface area contributed by atoms with Gasteiger partial charge in [-0.05, 0) is 19.3 Å². The molecule has 2 rings (SSSR count). The van der Waals surface area contributed by atoms with E-state index in [-0.39, 0.29) is 31.5 Å². The first-order valence-corrected chi connectivity index (χ1v) is 13.9. The summed E-state index contributed by atoms with van der Waals surface area (Å²) in [4.78, 5) is 33.9. The summed E-state index contributed by atoms with van der Waals surface area (Å²) in [7, 11) is -0.330. The van der Waals surface area contributed by atoms with Crippen LogP contribution in [0, 0.1) is 5.92 Å². The van der Waals surface area contributed by atoms with E-state index < -0.39 is 69.2 Å². The molecule has 0 aromatic rings. The molecular formula is C22H41N2O13P. The number of phosphoric acid groups is 1. The van der Waals surface area contributed by atoms with Gasteiger partial charge in [0.2, 0.25) is 11.8 Å². The summed E-state index contributed by atoms with van der Waals surface area (Å²) in [6.07, 6.45) is -5.11. The van der Waals surface area contributed by atoms with E-state index in [9.17, 15) is 34.4 Å². The second-order valence-electron chi connectivity index (χ2n) is 9.31. The van der Waals surface area contributed by atoms with E-state index in [1.165, 1.54) is 21.1 Å². The molecular weight excluding hydrogens is 531 g/mol. The third-order valence-corrected chi connectivity index (χ3v) is 7.53. The number of aliphatic hydroxyl groups is 3. The minimum absolute atomic E-state index is 0.119. The maximum atomic E-state index is 12.6. The molecule has 222 valence electrons. The van der Waals surface area contributed by atoms with Crippen molar-refractivity contribution in [3.8, 4) is 0 Å². The molecule has 0 spiro atoms. The third-order valence-electron chi connectivity index (χ3n) is 6.56. The first kappa shape index (κ1) is 33.0. The average Bonchev–Trinajstić information content (AvgIpc) is 3.17. The first-order valence-electron chi connectivity index (χ1n) is 12.4. The van der Waals surface area contributed by atoms with Gasteiger partial charge in [-0.15, -0.1) is 0 Å². The van der Waals surface area contributed by atoms with E-state index in [0.717, 1.165) is 7.11 Å². The Balaban J connectivity index is 1.85. The molecule has 38 heavy (non-hydrogen) atoms. The van der Waals surface area contributed by atoms with Crippen LogP contribution in [0.25, 0.3) is 0 Å². The number of carbonyl (C=O) groups excluding carboxylic acids is 2. The molecule has 1 aliphatic carbocycles. The maximum Gasteiger partial charge on any atom is 0.472 e. The van der Waals surface area contributed by atoms with Gasteiger partial charge >= 0.3 is 7.82 Å². The highest BCUT2D eigenvalue weighted by Gasteiger charge is 2.48. The quantitative estimate of drug-likeness (QED) is 0.0967. The fraction of sp³-hybridized carbons (Fsp3) is 0.909. The lowest BCUT2D eigenvalue weighted by Gasteiger charge is -2.42. The Morgan fingerprint density at radius 3 is 2.37 bits per heavy atom. The number of ether oxygens (including phenoxy) is 4. The van der Waals surface area contributed by atoms with Gasteiger partial charge in [-0.3, -0.25) is 18.6 Å². The van der Waals surface area contributed by atoms with Crippen LogP contribution in [-0.4, -0.2) is 122 Å². The van der Waals surface area contributed by atoms with Gasteiger partial charge in [0.1, 0.15) is 36.6 Å². The number of unbranched alkanes of at least 4 members (excludes halogenated alkanes) is 1. The fourth-order valence-electron chi connectivity index (χ4n) is 4.73.